The van der Waals surface area contributed by atoms with Gasteiger partial charge in [-0.1, -0.05) is 124 Å². The van der Waals surface area contributed by atoms with Gasteiger partial charge in [0.05, 0.1) is 18.3 Å². The summed E-state index contributed by atoms with van der Waals surface area (Å²) in [4.78, 5) is 16.0. The molecule has 0 N–H and O–H groups in total. The van der Waals surface area contributed by atoms with Gasteiger partial charge in [0, 0.05) is 13.0 Å². The Labute approximate surface area is 239 Å². The van der Waals surface area contributed by atoms with Crippen molar-refractivity contribution in [3.8, 4) is 5.75 Å². The average molecular weight is 550 g/mol. The number of carbonyl (C=O) groups excluding carboxylic acids is 1. The molecule has 1 aliphatic rings. The standard InChI is InChI=1S/C35H39NO3Si/c1-35(2,3)40(30-18-10-6-11-19-30,31-20-12-7-13-21-31)39-33-23-15-14-22-32(33)36-29(26-38-4)25-28(34(36)37)24-27-16-8-5-9-17-27/h5-23,28-29H,24-26H2,1-4H3/t28-,29-/m1/s1. The van der Waals surface area contributed by atoms with E-state index in [1.54, 1.807) is 7.11 Å². The number of hydrogen-bond acceptors (Lipinski definition) is 3. The predicted molar refractivity (Wildman–Crippen MR) is 166 cm³/mol. The highest BCUT2D eigenvalue weighted by Crippen LogP contribution is 2.43. The van der Waals surface area contributed by atoms with Crippen LogP contribution in [-0.2, 0) is 16.0 Å². The second-order valence-corrected chi connectivity index (χ2v) is 15.9. The van der Waals surface area contributed by atoms with Gasteiger partial charge >= 0.3 is 8.32 Å². The molecular weight excluding hydrogens is 510 g/mol. The molecule has 5 rings (SSSR count). The second-order valence-electron chi connectivity index (χ2n) is 11.7. The third-order valence-electron chi connectivity index (χ3n) is 8.00. The lowest BCUT2D eigenvalue weighted by atomic mass is 9.96. The van der Waals surface area contributed by atoms with Crippen LogP contribution in [0.3, 0.4) is 0 Å². The van der Waals surface area contributed by atoms with Gasteiger partial charge in [-0.2, -0.15) is 0 Å². The maximum atomic E-state index is 14.1. The zero-order chi connectivity index (χ0) is 28.2. The quantitative estimate of drug-likeness (QED) is 0.232. The molecule has 1 aliphatic heterocycles. The van der Waals surface area contributed by atoms with Crippen LogP contribution >= 0.6 is 0 Å². The fourth-order valence-electron chi connectivity index (χ4n) is 6.19. The minimum Gasteiger partial charge on any atom is -0.533 e. The Kier molecular flexibility index (Phi) is 8.24. The Morgan fingerprint density at radius 3 is 1.85 bits per heavy atom. The largest absolute Gasteiger partial charge is 0.533 e. The molecule has 206 valence electrons. The van der Waals surface area contributed by atoms with Crippen molar-refractivity contribution in [1.29, 1.82) is 0 Å². The smallest absolute Gasteiger partial charge is 0.320 e. The molecule has 0 aliphatic carbocycles. The summed E-state index contributed by atoms with van der Waals surface area (Å²) in [5, 5.41) is 2.21. The third kappa shape index (κ3) is 5.36. The molecule has 1 fully saturated rings. The zero-order valence-corrected chi connectivity index (χ0v) is 24.9. The lowest BCUT2D eigenvalue weighted by Crippen LogP contribution is -2.69. The lowest BCUT2D eigenvalue weighted by Gasteiger charge is -2.43. The summed E-state index contributed by atoms with van der Waals surface area (Å²) in [6, 6.07) is 39.5. The van der Waals surface area contributed by atoms with E-state index in [0.717, 1.165) is 17.9 Å². The minimum absolute atomic E-state index is 0.0601. The van der Waals surface area contributed by atoms with Crippen molar-refractivity contribution < 1.29 is 14.0 Å². The Bertz CT molecular complexity index is 1360. The normalized spacial score (nSPS) is 17.7. The molecule has 4 aromatic rings. The van der Waals surface area contributed by atoms with Crippen LogP contribution in [0.4, 0.5) is 5.69 Å². The molecule has 0 spiro atoms. The van der Waals surface area contributed by atoms with E-state index >= 15 is 0 Å². The number of rotatable bonds is 9. The predicted octanol–water partition coefficient (Wildman–Crippen LogP) is 6.24. The molecule has 5 heteroatoms. The van der Waals surface area contributed by atoms with Gasteiger partial charge in [0.2, 0.25) is 5.91 Å². The average Bonchev–Trinajstić information content (AvgIpc) is 3.26. The highest BCUT2D eigenvalue weighted by atomic mass is 28.4. The molecule has 1 saturated heterocycles. The molecule has 4 aromatic carbocycles. The van der Waals surface area contributed by atoms with Gasteiger partial charge < -0.3 is 14.1 Å². The highest BCUT2D eigenvalue weighted by molar-refractivity contribution is 7.00. The highest BCUT2D eigenvalue weighted by Gasteiger charge is 2.53. The fraction of sp³-hybridized carbons (Fsp3) is 0.286. The SMILES string of the molecule is COC[C@H]1C[C@@H](Cc2ccccc2)C(=O)N1c1ccccc1O[Si](c1ccccc1)(c1ccccc1)C(C)(C)C. The van der Waals surface area contributed by atoms with Crippen molar-refractivity contribution in [2.45, 2.75) is 44.7 Å². The molecule has 0 unspecified atom stereocenters. The molecule has 1 heterocycles. The first-order chi connectivity index (χ1) is 19.3. The van der Waals surface area contributed by atoms with Crippen LogP contribution in [0, 0.1) is 5.92 Å². The first-order valence-electron chi connectivity index (χ1n) is 14.1. The van der Waals surface area contributed by atoms with Crippen molar-refractivity contribution in [2.24, 2.45) is 5.92 Å². The van der Waals surface area contributed by atoms with Crippen molar-refractivity contribution >= 4 is 30.3 Å². The Balaban J connectivity index is 1.60. The van der Waals surface area contributed by atoms with E-state index < -0.39 is 8.32 Å². The van der Waals surface area contributed by atoms with Crippen molar-refractivity contribution in [1.82, 2.24) is 0 Å². The monoisotopic (exact) mass is 549 g/mol. The van der Waals surface area contributed by atoms with E-state index in [1.807, 2.05) is 47.4 Å². The molecular formula is C35H39NO3Si. The summed E-state index contributed by atoms with van der Waals surface area (Å²) < 4.78 is 13.0. The molecule has 2 atom stereocenters. The van der Waals surface area contributed by atoms with E-state index in [1.165, 1.54) is 15.9 Å². The zero-order valence-electron chi connectivity index (χ0n) is 23.9. The Morgan fingerprint density at radius 1 is 0.775 bits per heavy atom. The Hall–Kier alpha value is -3.67. The number of para-hydroxylation sites is 2. The lowest BCUT2D eigenvalue weighted by molar-refractivity contribution is -0.120. The van der Waals surface area contributed by atoms with Gasteiger partial charge in [0.25, 0.3) is 0 Å². The van der Waals surface area contributed by atoms with Crippen LogP contribution in [0.15, 0.2) is 115 Å². The molecule has 1 amide bonds. The summed E-state index contributed by atoms with van der Waals surface area (Å²) in [6.45, 7) is 7.29. The maximum absolute atomic E-state index is 14.1. The number of amides is 1. The topological polar surface area (TPSA) is 38.8 Å². The van der Waals surface area contributed by atoms with E-state index in [4.69, 9.17) is 9.16 Å². The molecule has 40 heavy (non-hydrogen) atoms. The summed E-state index contributed by atoms with van der Waals surface area (Å²) in [5.74, 6) is 0.763. The number of hydrogen-bond donors (Lipinski definition) is 0. The van der Waals surface area contributed by atoms with Crippen molar-refractivity contribution in [3.05, 3.63) is 121 Å². The third-order valence-corrected chi connectivity index (χ3v) is 12.9. The molecule has 4 nitrogen and oxygen atoms in total. The van der Waals surface area contributed by atoms with E-state index in [0.29, 0.717) is 13.0 Å². The van der Waals surface area contributed by atoms with Crippen LogP contribution in [0.2, 0.25) is 5.04 Å². The van der Waals surface area contributed by atoms with Crippen molar-refractivity contribution in [2.75, 3.05) is 18.6 Å². The number of carbonyl (C=O) groups is 1. The van der Waals surface area contributed by atoms with Crippen LogP contribution in [0.1, 0.15) is 32.8 Å². The summed E-state index contributed by atoms with van der Waals surface area (Å²) in [5.41, 5.74) is 1.99. The molecule has 0 radical (unpaired) electrons. The van der Waals surface area contributed by atoms with Gasteiger partial charge in [-0.15, -0.1) is 0 Å². The van der Waals surface area contributed by atoms with E-state index in [2.05, 4.69) is 93.6 Å². The van der Waals surface area contributed by atoms with Crippen molar-refractivity contribution in [3.63, 3.8) is 0 Å². The number of nitrogens with zero attached hydrogens (tertiary/aromatic N) is 1. The van der Waals surface area contributed by atoms with Gasteiger partial charge in [-0.3, -0.25) is 4.79 Å². The first kappa shape index (κ1) is 27.9. The molecule has 0 aromatic heterocycles. The minimum atomic E-state index is -2.88. The summed E-state index contributed by atoms with van der Waals surface area (Å²) in [6.07, 6.45) is 1.46. The van der Waals surface area contributed by atoms with Gasteiger partial charge in [0.15, 0.2) is 0 Å². The summed E-state index contributed by atoms with van der Waals surface area (Å²) in [7, 11) is -1.18. The van der Waals surface area contributed by atoms with Crippen LogP contribution < -0.4 is 19.7 Å². The van der Waals surface area contributed by atoms with Crippen LogP contribution in [0.25, 0.3) is 0 Å². The van der Waals surface area contributed by atoms with Gasteiger partial charge in [-0.05, 0) is 45.9 Å². The van der Waals surface area contributed by atoms with Gasteiger partial charge in [-0.25, -0.2) is 0 Å². The molecule has 0 saturated carbocycles. The Morgan fingerprint density at radius 2 is 1.30 bits per heavy atom. The second kappa shape index (κ2) is 11.8. The number of ether oxygens (including phenoxy) is 1. The maximum Gasteiger partial charge on any atom is 0.320 e. The van der Waals surface area contributed by atoms with Crippen LogP contribution in [-0.4, -0.2) is 34.0 Å². The van der Waals surface area contributed by atoms with Crippen LogP contribution in [0.5, 0.6) is 5.75 Å². The van der Waals surface area contributed by atoms with E-state index in [9.17, 15) is 4.79 Å². The number of benzene rings is 4. The molecule has 0 bridgehead atoms. The number of anilines is 1. The summed E-state index contributed by atoms with van der Waals surface area (Å²) >= 11 is 0. The first-order valence-corrected chi connectivity index (χ1v) is 16.0. The fourth-order valence-corrected chi connectivity index (χ4v) is 10.6. The van der Waals surface area contributed by atoms with E-state index in [-0.39, 0.29) is 22.9 Å². The van der Waals surface area contributed by atoms with Gasteiger partial charge in [0.1, 0.15) is 5.75 Å². The number of methoxy groups -OCH3 is 1.